The van der Waals surface area contributed by atoms with Crippen LogP contribution >= 0.6 is 0 Å². The van der Waals surface area contributed by atoms with Crippen molar-refractivity contribution in [3.8, 4) is 22.8 Å². The number of rotatable bonds is 4. The molecule has 0 spiro atoms. The summed E-state index contributed by atoms with van der Waals surface area (Å²) in [6.07, 6.45) is 0. The van der Waals surface area contributed by atoms with Crippen molar-refractivity contribution in [2.24, 2.45) is 0 Å². The van der Waals surface area contributed by atoms with Gasteiger partial charge in [-0.1, -0.05) is 11.2 Å². The van der Waals surface area contributed by atoms with E-state index in [1.165, 1.54) is 6.92 Å². The normalized spacial score (nSPS) is 11.1. The third-order valence-electron chi connectivity index (χ3n) is 4.57. The number of benzene rings is 2. The number of H-pyrrole nitrogens is 1. The Morgan fingerprint density at radius 1 is 1.21 bits per heavy atom. The van der Waals surface area contributed by atoms with E-state index < -0.39 is 0 Å². The molecule has 4 aromatic rings. The van der Waals surface area contributed by atoms with Gasteiger partial charge in [0.25, 0.3) is 5.89 Å². The first-order chi connectivity index (χ1) is 13.5. The van der Waals surface area contributed by atoms with Crippen LogP contribution in [-0.2, 0) is 11.3 Å². The minimum atomic E-state index is -0.146. The molecule has 0 bridgehead atoms. The highest BCUT2D eigenvalue weighted by Crippen LogP contribution is 2.27. The van der Waals surface area contributed by atoms with Gasteiger partial charge in [0.15, 0.2) is 0 Å². The van der Waals surface area contributed by atoms with Crippen LogP contribution < -0.4 is 11.0 Å². The number of hydrogen-bond donors (Lipinski definition) is 2. The molecule has 142 valence electrons. The van der Waals surface area contributed by atoms with Crippen LogP contribution in [0.5, 0.6) is 0 Å². The molecule has 28 heavy (non-hydrogen) atoms. The summed E-state index contributed by atoms with van der Waals surface area (Å²) in [4.78, 5) is 30.6. The molecule has 0 aliphatic heterocycles. The van der Waals surface area contributed by atoms with Gasteiger partial charge in [-0.15, -0.1) is 0 Å². The zero-order valence-corrected chi connectivity index (χ0v) is 15.7. The number of carbonyl (C=O) groups excluding carboxylic acids is 1. The first-order valence-electron chi connectivity index (χ1n) is 8.91. The van der Waals surface area contributed by atoms with Crippen molar-refractivity contribution in [2.45, 2.75) is 27.3 Å². The van der Waals surface area contributed by atoms with Crippen LogP contribution in [0.25, 0.3) is 33.9 Å². The number of fused-ring (bicyclic) bond motifs is 1. The van der Waals surface area contributed by atoms with Crippen LogP contribution in [-0.4, -0.2) is 25.6 Å². The summed E-state index contributed by atoms with van der Waals surface area (Å²) in [6.45, 7) is 5.88. The number of aromatic nitrogens is 4. The average Bonchev–Trinajstić information content (AvgIpc) is 3.26. The molecule has 8 nitrogen and oxygen atoms in total. The number of carbonyl (C=O) groups is 1. The van der Waals surface area contributed by atoms with Crippen molar-refractivity contribution in [1.29, 1.82) is 0 Å². The van der Waals surface area contributed by atoms with Crippen LogP contribution in [0.2, 0.25) is 0 Å². The fraction of sp³-hybridized carbons (Fsp3) is 0.200. The lowest BCUT2D eigenvalue weighted by Gasteiger charge is -2.07. The van der Waals surface area contributed by atoms with E-state index in [9.17, 15) is 9.59 Å². The number of nitrogens with one attached hydrogen (secondary N) is 2. The van der Waals surface area contributed by atoms with Gasteiger partial charge in [0.2, 0.25) is 11.7 Å². The van der Waals surface area contributed by atoms with Crippen LogP contribution in [0.15, 0.2) is 45.7 Å². The lowest BCUT2D eigenvalue weighted by molar-refractivity contribution is -0.114. The molecule has 2 N–H and O–H groups in total. The van der Waals surface area contributed by atoms with E-state index in [4.69, 9.17) is 4.52 Å². The topological polar surface area (TPSA) is 106 Å². The molecule has 0 atom stereocenters. The van der Waals surface area contributed by atoms with Gasteiger partial charge in [0, 0.05) is 30.3 Å². The largest absolute Gasteiger partial charge is 0.334 e. The van der Waals surface area contributed by atoms with Gasteiger partial charge < -0.3 is 14.8 Å². The number of hydrogen-bond acceptors (Lipinski definition) is 5. The molecule has 0 aliphatic carbocycles. The van der Waals surface area contributed by atoms with Crippen LogP contribution in [0.1, 0.15) is 19.4 Å². The third-order valence-corrected chi connectivity index (χ3v) is 4.57. The maximum Gasteiger partial charge on any atom is 0.326 e. The Balaban J connectivity index is 1.71. The Morgan fingerprint density at radius 3 is 2.75 bits per heavy atom. The van der Waals surface area contributed by atoms with Crippen molar-refractivity contribution >= 4 is 22.6 Å². The second-order valence-corrected chi connectivity index (χ2v) is 6.54. The van der Waals surface area contributed by atoms with Crippen molar-refractivity contribution in [2.75, 3.05) is 5.32 Å². The molecule has 0 radical (unpaired) electrons. The number of aryl methyl sites for hydroxylation is 2. The molecule has 0 fully saturated rings. The van der Waals surface area contributed by atoms with Crippen molar-refractivity contribution in [3.63, 3.8) is 0 Å². The highest BCUT2D eigenvalue weighted by atomic mass is 16.5. The fourth-order valence-corrected chi connectivity index (χ4v) is 3.15. The summed E-state index contributed by atoms with van der Waals surface area (Å²) in [5.41, 5.74) is 4.49. The molecule has 0 unspecified atom stereocenters. The maximum absolute atomic E-state index is 12.0. The molecule has 0 saturated carbocycles. The summed E-state index contributed by atoms with van der Waals surface area (Å²) in [7, 11) is 0. The lowest BCUT2D eigenvalue weighted by atomic mass is 10.1. The highest BCUT2D eigenvalue weighted by molar-refractivity contribution is 5.90. The van der Waals surface area contributed by atoms with E-state index in [1.807, 2.05) is 44.2 Å². The molecule has 0 aliphatic rings. The summed E-state index contributed by atoms with van der Waals surface area (Å²) in [5.74, 6) is 0.623. The Labute approximate surface area is 160 Å². The number of imidazole rings is 1. The van der Waals surface area contributed by atoms with Gasteiger partial charge in [-0.2, -0.15) is 4.98 Å². The first kappa shape index (κ1) is 17.7. The molecule has 2 heterocycles. The second kappa shape index (κ2) is 6.80. The number of anilines is 1. The second-order valence-electron chi connectivity index (χ2n) is 6.54. The smallest absolute Gasteiger partial charge is 0.326 e. The minimum absolute atomic E-state index is 0.145. The number of amides is 1. The van der Waals surface area contributed by atoms with E-state index in [0.717, 1.165) is 22.2 Å². The fourth-order valence-electron chi connectivity index (χ4n) is 3.15. The van der Waals surface area contributed by atoms with Crippen LogP contribution in [0.4, 0.5) is 5.69 Å². The molecule has 8 heteroatoms. The van der Waals surface area contributed by atoms with Gasteiger partial charge >= 0.3 is 5.69 Å². The van der Waals surface area contributed by atoms with Crippen molar-refractivity contribution in [1.82, 2.24) is 19.7 Å². The maximum atomic E-state index is 12.0. The molecular formula is C20H19N5O3. The third kappa shape index (κ3) is 3.09. The summed E-state index contributed by atoms with van der Waals surface area (Å²) >= 11 is 0. The van der Waals surface area contributed by atoms with Crippen LogP contribution in [0, 0.1) is 6.92 Å². The number of aromatic amines is 1. The summed E-state index contributed by atoms with van der Waals surface area (Å²) in [6, 6.07) is 11.1. The predicted molar refractivity (Wildman–Crippen MR) is 106 cm³/mol. The van der Waals surface area contributed by atoms with Gasteiger partial charge in [0.05, 0.1) is 11.0 Å². The Morgan fingerprint density at radius 2 is 2.00 bits per heavy atom. The van der Waals surface area contributed by atoms with Crippen LogP contribution in [0.3, 0.4) is 0 Å². The number of nitrogens with zero attached hydrogens (tertiary/aromatic N) is 3. The van der Waals surface area contributed by atoms with E-state index in [-0.39, 0.29) is 11.6 Å². The molecule has 2 aromatic heterocycles. The first-order valence-corrected chi connectivity index (χ1v) is 8.91. The lowest BCUT2D eigenvalue weighted by Crippen LogP contribution is -2.14. The summed E-state index contributed by atoms with van der Waals surface area (Å²) in [5, 5.41) is 6.85. The van der Waals surface area contributed by atoms with Crippen molar-refractivity contribution in [3.05, 3.63) is 52.4 Å². The van der Waals surface area contributed by atoms with E-state index in [2.05, 4.69) is 20.4 Å². The summed E-state index contributed by atoms with van der Waals surface area (Å²) < 4.78 is 7.08. The van der Waals surface area contributed by atoms with Gasteiger partial charge in [0.1, 0.15) is 0 Å². The monoisotopic (exact) mass is 377 g/mol. The van der Waals surface area contributed by atoms with E-state index in [1.54, 1.807) is 10.6 Å². The SMILES string of the molecule is CCn1c(=O)[nH]c2cc(-c3noc(-c4ccc(C)c(NC(C)=O)c4)n3)ccc21. The molecule has 2 aromatic carbocycles. The van der Waals surface area contributed by atoms with Gasteiger partial charge in [-0.25, -0.2) is 4.79 Å². The zero-order chi connectivity index (χ0) is 19.8. The molecular weight excluding hydrogens is 358 g/mol. The minimum Gasteiger partial charge on any atom is -0.334 e. The molecule has 4 rings (SSSR count). The predicted octanol–water partition coefficient (Wildman–Crippen LogP) is 3.33. The highest BCUT2D eigenvalue weighted by Gasteiger charge is 2.14. The average molecular weight is 377 g/mol. The van der Waals surface area contributed by atoms with Crippen molar-refractivity contribution < 1.29 is 9.32 Å². The zero-order valence-electron chi connectivity index (χ0n) is 15.7. The van der Waals surface area contributed by atoms with Gasteiger partial charge in [-0.3, -0.25) is 9.36 Å². The quantitative estimate of drug-likeness (QED) is 0.567. The standard InChI is InChI=1S/C20H19N5O3/c1-4-25-17-8-7-13(9-16(17)22-20(25)27)18-23-19(28-24-18)14-6-5-11(2)15(10-14)21-12(3)26/h5-10H,4H2,1-3H3,(H,21,26)(H,22,27). The van der Waals surface area contributed by atoms with E-state index >= 15 is 0 Å². The van der Waals surface area contributed by atoms with E-state index in [0.29, 0.717) is 29.5 Å². The Hall–Kier alpha value is -3.68. The molecule has 1 amide bonds. The molecule has 0 saturated heterocycles. The Kier molecular flexibility index (Phi) is 4.31. The Bertz CT molecular complexity index is 1250. The van der Waals surface area contributed by atoms with Gasteiger partial charge in [-0.05, 0) is 49.7 Å².